The molecular weight excluding hydrogens is 168 g/mol. The largest absolute Gasteiger partial charge is 0.480 e. The van der Waals surface area contributed by atoms with Crippen molar-refractivity contribution in [1.29, 1.82) is 0 Å². The van der Waals surface area contributed by atoms with E-state index in [0.717, 1.165) is 0 Å². The van der Waals surface area contributed by atoms with Crippen molar-refractivity contribution in [1.82, 2.24) is 0 Å². The first-order valence-electron chi connectivity index (χ1n) is 3.00. The van der Waals surface area contributed by atoms with Crippen LogP contribution >= 0.6 is 12.6 Å². The zero-order valence-corrected chi connectivity index (χ0v) is 7.00. The molecule has 5 nitrogen and oxygen atoms in total. The summed E-state index contributed by atoms with van der Waals surface area (Å²) in [6.45, 7) is 0.472. The fraction of sp³-hybridized carbons (Fsp3) is 0.800. The third-order valence-electron chi connectivity index (χ3n) is 0.643. The summed E-state index contributed by atoms with van der Waals surface area (Å²) in [6, 6.07) is -0.816. The number of hydrogen-bond donors (Lipinski definition) is 5. The number of aliphatic hydroxyl groups is 1. The van der Waals surface area contributed by atoms with E-state index < -0.39 is 12.0 Å². The molecule has 0 aliphatic heterocycles. The Labute approximate surface area is 70.8 Å². The highest BCUT2D eigenvalue weighted by molar-refractivity contribution is 7.80. The van der Waals surface area contributed by atoms with Crippen LogP contribution in [-0.2, 0) is 4.79 Å². The molecule has 6 heteroatoms. The number of carboxylic acid groups (broad SMARTS) is 1. The predicted molar refractivity (Wildman–Crippen MR) is 45.6 cm³/mol. The van der Waals surface area contributed by atoms with Gasteiger partial charge in [0.05, 0.1) is 6.61 Å². The summed E-state index contributed by atoms with van der Waals surface area (Å²) in [4.78, 5) is 9.76. The summed E-state index contributed by atoms with van der Waals surface area (Å²) in [5, 5.41) is 15.8. The number of thiol groups is 1. The molecule has 6 N–H and O–H groups in total. The molecule has 0 aliphatic rings. The Hall–Kier alpha value is -0.300. The molecule has 0 bridgehead atoms. The van der Waals surface area contributed by atoms with Crippen LogP contribution < -0.4 is 11.5 Å². The van der Waals surface area contributed by atoms with Crippen LogP contribution in [0.4, 0.5) is 0 Å². The Bertz CT molecular complexity index is 99.7. The maximum absolute atomic E-state index is 9.76. The molecule has 0 aliphatic carbocycles. The van der Waals surface area contributed by atoms with E-state index in [2.05, 4.69) is 12.6 Å². The molecule has 0 heterocycles. The van der Waals surface area contributed by atoms with E-state index in [1.165, 1.54) is 0 Å². The predicted octanol–water partition coefficient (Wildman–Crippen LogP) is -1.73. The number of carbonyl (C=O) groups is 1. The van der Waals surface area contributed by atoms with E-state index in [9.17, 15) is 4.79 Å². The summed E-state index contributed by atoms with van der Waals surface area (Å²) < 4.78 is 0. The fourth-order valence-corrected chi connectivity index (χ4v) is 0.234. The molecule has 0 unspecified atom stereocenters. The van der Waals surface area contributed by atoms with Crippen LogP contribution in [0.3, 0.4) is 0 Å². The lowest BCUT2D eigenvalue weighted by Gasteiger charge is -1.96. The van der Waals surface area contributed by atoms with Crippen LogP contribution in [0.25, 0.3) is 0 Å². The topological polar surface area (TPSA) is 110 Å². The van der Waals surface area contributed by atoms with Crippen LogP contribution in [-0.4, -0.2) is 41.1 Å². The molecular formula is C5H14N2O3S. The molecule has 0 spiro atoms. The second-order valence-corrected chi connectivity index (χ2v) is 2.00. The first-order valence-corrected chi connectivity index (χ1v) is 3.63. The summed E-state index contributed by atoms with van der Waals surface area (Å²) >= 11 is 3.65. The molecule has 0 aromatic carbocycles. The summed E-state index contributed by atoms with van der Waals surface area (Å²) in [6.07, 6.45) is 0. The van der Waals surface area contributed by atoms with Gasteiger partial charge in [-0.1, -0.05) is 0 Å². The van der Waals surface area contributed by atoms with Gasteiger partial charge in [0.2, 0.25) is 0 Å². The monoisotopic (exact) mass is 182 g/mol. The third kappa shape index (κ3) is 12.8. The van der Waals surface area contributed by atoms with Gasteiger partial charge in [-0.3, -0.25) is 4.79 Å². The molecule has 0 aromatic heterocycles. The molecule has 0 saturated carbocycles. The molecule has 0 rings (SSSR count). The number of carboxylic acids is 1. The van der Waals surface area contributed by atoms with E-state index >= 15 is 0 Å². The third-order valence-corrected chi connectivity index (χ3v) is 1.04. The van der Waals surface area contributed by atoms with Crippen molar-refractivity contribution in [2.45, 2.75) is 6.04 Å². The number of hydrogen-bond acceptors (Lipinski definition) is 5. The summed E-state index contributed by atoms with van der Waals surface area (Å²) in [5.74, 6) is -0.815. The van der Waals surface area contributed by atoms with Crippen molar-refractivity contribution in [2.75, 3.05) is 18.9 Å². The van der Waals surface area contributed by atoms with Crippen LogP contribution in [0.2, 0.25) is 0 Å². The van der Waals surface area contributed by atoms with E-state index in [1.807, 2.05) is 0 Å². The zero-order valence-electron chi connectivity index (χ0n) is 6.10. The highest BCUT2D eigenvalue weighted by atomic mass is 32.1. The first kappa shape index (κ1) is 13.3. The Kier molecular flexibility index (Phi) is 11.7. The van der Waals surface area contributed by atoms with Gasteiger partial charge in [0.25, 0.3) is 0 Å². The van der Waals surface area contributed by atoms with Crippen molar-refractivity contribution < 1.29 is 15.0 Å². The van der Waals surface area contributed by atoms with E-state index in [0.29, 0.717) is 6.54 Å². The maximum atomic E-state index is 9.76. The van der Waals surface area contributed by atoms with Gasteiger partial charge in [-0.05, 0) is 0 Å². The Morgan fingerprint density at radius 3 is 2.00 bits per heavy atom. The lowest BCUT2D eigenvalue weighted by Crippen LogP contribution is -2.31. The standard InChI is InChI=1S/C3H7NO2S.C2H7NO/c4-2(1-7)3(5)6;3-1-2-4/h2,7H,1,4H2,(H,5,6);4H,1-3H2/t2-;/m0./s1. The highest BCUT2D eigenvalue weighted by Crippen LogP contribution is 1.80. The SMILES string of the molecule is NCCO.N[C@@H](CS)C(=O)O. The van der Waals surface area contributed by atoms with Crippen LogP contribution in [0.5, 0.6) is 0 Å². The van der Waals surface area contributed by atoms with Crippen molar-refractivity contribution in [2.24, 2.45) is 11.5 Å². The Morgan fingerprint density at radius 2 is 2.00 bits per heavy atom. The van der Waals surface area contributed by atoms with Crippen LogP contribution in [0.15, 0.2) is 0 Å². The van der Waals surface area contributed by atoms with Gasteiger partial charge >= 0.3 is 5.97 Å². The van der Waals surface area contributed by atoms with Crippen molar-refractivity contribution in [3.8, 4) is 0 Å². The molecule has 0 radical (unpaired) electrons. The molecule has 0 aromatic rings. The average molecular weight is 182 g/mol. The van der Waals surface area contributed by atoms with Gasteiger partial charge in [0.15, 0.2) is 0 Å². The lowest BCUT2D eigenvalue weighted by molar-refractivity contribution is -0.137. The number of aliphatic hydroxyl groups excluding tert-OH is 1. The van der Waals surface area contributed by atoms with Gasteiger partial charge in [-0.2, -0.15) is 12.6 Å². The summed E-state index contributed by atoms with van der Waals surface area (Å²) in [7, 11) is 0. The van der Waals surface area contributed by atoms with E-state index in [-0.39, 0.29) is 12.4 Å². The quantitative estimate of drug-likeness (QED) is 0.333. The van der Waals surface area contributed by atoms with Crippen molar-refractivity contribution in [3.05, 3.63) is 0 Å². The molecule has 11 heavy (non-hydrogen) atoms. The van der Waals surface area contributed by atoms with E-state index in [1.54, 1.807) is 0 Å². The van der Waals surface area contributed by atoms with Gasteiger partial charge < -0.3 is 21.7 Å². The molecule has 68 valence electrons. The molecule has 0 saturated heterocycles. The van der Waals surface area contributed by atoms with E-state index in [4.69, 9.17) is 21.7 Å². The molecule has 1 atom stereocenters. The average Bonchev–Trinajstić information content (AvgIpc) is 2.03. The highest BCUT2D eigenvalue weighted by Gasteiger charge is 2.06. The molecule has 0 fully saturated rings. The lowest BCUT2D eigenvalue weighted by atomic mass is 10.4. The maximum Gasteiger partial charge on any atom is 0.321 e. The van der Waals surface area contributed by atoms with Crippen molar-refractivity contribution >= 4 is 18.6 Å². The number of rotatable bonds is 3. The number of aliphatic carboxylic acids is 1. The minimum absolute atomic E-state index is 0.0972. The zero-order chi connectivity index (χ0) is 9.28. The fourth-order valence-electron chi connectivity index (χ4n) is 0.0781. The Balaban J connectivity index is 0. The second-order valence-electron chi connectivity index (χ2n) is 1.64. The van der Waals surface area contributed by atoms with Gasteiger partial charge in [-0.15, -0.1) is 0 Å². The first-order chi connectivity index (χ1) is 5.09. The van der Waals surface area contributed by atoms with Gasteiger partial charge in [0.1, 0.15) is 6.04 Å². The smallest absolute Gasteiger partial charge is 0.321 e. The van der Waals surface area contributed by atoms with Gasteiger partial charge in [-0.25, -0.2) is 0 Å². The molecule has 0 amide bonds. The minimum Gasteiger partial charge on any atom is -0.480 e. The number of nitrogens with two attached hydrogens (primary N) is 2. The summed E-state index contributed by atoms with van der Waals surface area (Å²) in [5.41, 5.74) is 9.72. The van der Waals surface area contributed by atoms with Crippen LogP contribution in [0.1, 0.15) is 0 Å². The minimum atomic E-state index is -1.00. The van der Waals surface area contributed by atoms with Crippen molar-refractivity contribution in [3.63, 3.8) is 0 Å². The second kappa shape index (κ2) is 9.70. The van der Waals surface area contributed by atoms with Gasteiger partial charge in [0, 0.05) is 12.3 Å². The Morgan fingerprint density at radius 1 is 1.64 bits per heavy atom. The normalized spacial score (nSPS) is 11.3. The van der Waals surface area contributed by atoms with Crippen LogP contribution in [0, 0.1) is 0 Å².